The van der Waals surface area contributed by atoms with E-state index in [1.54, 1.807) is 12.5 Å². The number of aliphatic hydroxyl groups is 1. The van der Waals surface area contributed by atoms with Crippen molar-refractivity contribution in [2.45, 2.75) is 31.7 Å². The number of rotatable bonds is 3. The van der Waals surface area contributed by atoms with Crippen molar-refractivity contribution in [2.24, 2.45) is 5.92 Å². The van der Waals surface area contributed by atoms with Crippen LogP contribution in [0.5, 0.6) is 0 Å². The highest BCUT2D eigenvalue weighted by Gasteiger charge is 2.24. The molecule has 15 heavy (non-hydrogen) atoms. The SMILES string of the molecule is OCC1CCCCC1Nc1ccncn1. The van der Waals surface area contributed by atoms with Crippen molar-refractivity contribution in [1.29, 1.82) is 0 Å². The van der Waals surface area contributed by atoms with Crippen molar-refractivity contribution >= 4 is 5.82 Å². The van der Waals surface area contributed by atoms with Gasteiger partial charge in [0.25, 0.3) is 0 Å². The van der Waals surface area contributed by atoms with Crippen LogP contribution in [0, 0.1) is 5.92 Å². The zero-order chi connectivity index (χ0) is 10.5. The maximum absolute atomic E-state index is 9.27. The molecule has 1 saturated carbocycles. The standard InChI is InChI=1S/C11H17N3O/c15-7-9-3-1-2-4-10(9)14-11-5-6-12-8-13-11/h5-6,8-10,15H,1-4,7H2,(H,12,13,14). The quantitative estimate of drug-likeness (QED) is 0.787. The Labute approximate surface area is 89.8 Å². The fourth-order valence-electron chi connectivity index (χ4n) is 2.18. The highest BCUT2D eigenvalue weighted by atomic mass is 16.3. The second-order valence-electron chi connectivity index (χ2n) is 4.07. The molecule has 2 atom stereocenters. The Balaban J connectivity index is 1.97. The first-order valence-corrected chi connectivity index (χ1v) is 5.53. The van der Waals surface area contributed by atoms with E-state index in [1.807, 2.05) is 6.07 Å². The monoisotopic (exact) mass is 207 g/mol. The molecule has 0 amide bonds. The van der Waals surface area contributed by atoms with E-state index in [4.69, 9.17) is 0 Å². The Hall–Kier alpha value is -1.16. The van der Waals surface area contributed by atoms with Crippen LogP contribution in [-0.4, -0.2) is 27.7 Å². The minimum atomic E-state index is 0.267. The average molecular weight is 207 g/mol. The zero-order valence-electron chi connectivity index (χ0n) is 8.76. The summed E-state index contributed by atoms with van der Waals surface area (Å²) in [4.78, 5) is 8.01. The second kappa shape index (κ2) is 5.07. The van der Waals surface area contributed by atoms with Crippen molar-refractivity contribution in [2.75, 3.05) is 11.9 Å². The van der Waals surface area contributed by atoms with Crippen molar-refractivity contribution < 1.29 is 5.11 Å². The molecule has 1 fully saturated rings. The Bertz CT molecular complexity index is 291. The second-order valence-corrected chi connectivity index (χ2v) is 4.07. The molecule has 4 heteroatoms. The fraction of sp³-hybridized carbons (Fsp3) is 0.636. The number of anilines is 1. The molecule has 2 unspecified atom stereocenters. The van der Waals surface area contributed by atoms with Crippen LogP contribution < -0.4 is 5.32 Å². The molecule has 0 saturated heterocycles. The van der Waals surface area contributed by atoms with Gasteiger partial charge in [-0.2, -0.15) is 0 Å². The van der Waals surface area contributed by atoms with Crippen LogP contribution in [0.1, 0.15) is 25.7 Å². The molecule has 4 nitrogen and oxygen atoms in total. The van der Waals surface area contributed by atoms with Crippen LogP contribution in [0.25, 0.3) is 0 Å². The van der Waals surface area contributed by atoms with Crippen LogP contribution in [0.3, 0.4) is 0 Å². The predicted molar refractivity (Wildman–Crippen MR) is 58.5 cm³/mol. The lowest BCUT2D eigenvalue weighted by Crippen LogP contribution is -2.34. The molecule has 1 aromatic heterocycles. The summed E-state index contributed by atoms with van der Waals surface area (Å²) in [6, 6.07) is 2.22. The molecule has 0 spiro atoms. The molecular weight excluding hydrogens is 190 g/mol. The van der Waals surface area contributed by atoms with Gasteiger partial charge in [0.15, 0.2) is 0 Å². The summed E-state index contributed by atoms with van der Waals surface area (Å²) in [5.41, 5.74) is 0. The Morgan fingerprint density at radius 3 is 3.00 bits per heavy atom. The first kappa shape index (κ1) is 10.4. The molecule has 1 heterocycles. The van der Waals surface area contributed by atoms with Crippen LogP contribution in [0.2, 0.25) is 0 Å². The van der Waals surface area contributed by atoms with Crippen LogP contribution in [0.4, 0.5) is 5.82 Å². The molecule has 2 N–H and O–H groups in total. The lowest BCUT2D eigenvalue weighted by Gasteiger charge is -2.31. The van der Waals surface area contributed by atoms with Gasteiger partial charge in [0.2, 0.25) is 0 Å². The number of nitrogens with zero attached hydrogens (tertiary/aromatic N) is 2. The molecular formula is C11H17N3O. The number of aliphatic hydroxyl groups excluding tert-OH is 1. The van der Waals surface area contributed by atoms with Crippen molar-refractivity contribution in [3.8, 4) is 0 Å². The summed E-state index contributed by atoms with van der Waals surface area (Å²) in [6.45, 7) is 0.267. The molecule has 0 radical (unpaired) electrons. The predicted octanol–water partition coefficient (Wildman–Crippen LogP) is 1.44. The largest absolute Gasteiger partial charge is 0.396 e. The van der Waals surface area contributed by atoms with Gasteiger partial charge in [0.1, 0.15) is 12.1 Å². The van der Waals surface area contributed by atoms with E-state index >= 15 is 0 Å². The molecule has 0 aromatic carbocycles. The Morgan fingerprint density at radius 1 is 1.40 bits per heavy atom. The highest BCUT2D eigenvalue weighted by Crippen LogP contribution is 2.26. The van der Waals surface area contributed by atoms with Gasteiger partial charge in [-0.25, -0.2) is 9.97 Å². The summed E-state index contributed by atoms with van der Waals surface area (Å²) in [7, 11) is 0. The normalized spacial score (nSPS) is 26.2. The number of hydrogen-bond donors (Lipinski definition) is 2. The molecule has 2 rings (SSSR count). The van der Waals surface area contributed by atoms with Gasteiger partial charge >= 0.3 is 0 Å². The summed E-state index contributed by atoms with van der Waals surface area (Å²) in [6.07, 6.45) is 7.96. The number of hydrogen-bond acceptors (Lipinski definition) is 4. The van der Waals surface area contributed by atoms with E-state index in [9.17, 15) is 5.11 Å². The first-order valence-electron chi connectivity index (χ1n) is 5.53. The van der Waals surface area contributed by atoms with Crippen molar-refractivity contribution in [3.05, 3.63) is 18.6 Å². The zero-order valence-corrected chi connectivity index (χ0v) is 8.76. The number of aromatic nitrogens is 2. The van der Waals surface area contributed by atoms with Gasteiger partial charge in [-0.1, -0.05) is 12.8 Å². The van der Waals surface area contributed by atoms with E-state index in [2.05, 4.69) is 15.3 Å². The van der Waals surface area contributed by atoms with E-state index in [-0.39, 0.29) is 6.61 Å². The maximum Gasteiger partial charge on any atom is 0.129 e. The first-order chi connectivity index (χ1) is 7.40. The minimum Gasteiger partial charge on any atom is -0.396 e. The minimum absolute atomic E-state index is 0.267. The van der Waals surface area contributed by atoms with Gasteiger partial charge in [-0.15, -0.1) is 0 Å². The molecule has 1 aromatic rings. The lowest BCUT2D eigenvalue weighted by molar-refractivity contribution is 0.178. The molecule has 0 aliphatic heterocycles. The third kappa shape index (κ3) is 2.65. The summed E-state index contributed by atoms with van der Waals surface area (Å²) < 4.78 is 0. The van der Waals surface area contributed by atoms with Crippen LogP contribution in [-0.2, 0) is 0 Å². The Morgan fingerprint density at radius 2 is 2.27 bits per heavy atom. The van der Waals surface area contributed by atoms with Gasteiger partial charge in [0.05, 0.1) is 0 Å². The van der Waals surface area contributed by atoms with Crippen LogP contribution >= 0.6 is 0 Å². The van der Waals surface area contributed by atoms with E-state index in [1.165, 1.54) is 12.8 Å². The van der Waals surface area contributed by atoms with E-state index in [0.717, 1.165) is 18.7 Å². The average Bonchev–Trinajstić information content (AvgIpc) is 2.31. The Kier molecular flexibility index (Phi) is 3.50. The van der Waals surface area contributed by atoms with Gasteiger partial charge in [-0.05, 0) is 18.9 Å². The lowest BCUT2D eigenvalue weighted by atomic mass is 9.85. The third-order valence-corrected chi connectivity index (χ3v) is 3.06. The maximum atomic E-state index is 9.27. The smallest absolute Gasteiger partial charge is 0.129 e. The molecule has 1 aliphatic carbocycles. The topological polar surface area (TPSA) is 58.0 Å². The van der Waals surface area contributed by atoms with Gasteiger partial charge in [0, 0.05) is 24.8 Å². The summed E-state index contributed by atoms with van der Waals surface area (Å²) >= 11 is 0. The molecule has 82 valence electrons. The summed E-state index contributed by atoms with van der Waals surface area (Å²) in [5.74, 6) is 1.23. The highest BCUT2D eigenvalue weighted by molar-refractivity contribution is 5.33. The van der Waals surface area contributed by atoms with E-state index in [0.29, 0.717) is 12.0 Å². The molecule has 0 bridgehead atoms. The van der Waals surface area contributed by atoms with Crippen molar-refractivity contribution in [1.82, 2.24) is 9.97 Å². The molecule has 1 aliphatic rings. The van der Waals surface area contributed by atoms with Crippen LogP contribution in [0.15, 0.2) is 18.6 Å². The van der Waals surface area contributed by atoms with Gasteiger partial charge in [-0.3, -0.25) is 0 Å². The fourth-order valence-corrected chi connectivity index (χ4v) is 2.18. The van der Waals surface area contributed by atoms with Gasteiger partial charge < -0.3 is 10.4 Å². The summed E-state index contributed by atoms with van der Waals surface area (Å²) in [5, 5.41) is 12.6. The third-order valence-electron chi connectivity index (χ3n) is 3.06. The van der Waals surface area contributed by atoms with E-state index < -0.39 is 0 Å². The number of nitrogens with one attached hydrogen (secondary N) is 1. The van der Waals surface area contributed by atoms with Crippen molar-refractivity contribution in [3.63, 3.8) is 0 Å².